The summed E-state index contributed by atoms with van der Waals surface area (Å²) >= 11 is 0. The Morgan fingerprint density at radius 1 is 1.05 bits per heavy atom. The Bertz CT molecular complexity index is 577. The van der Waals surface area contributed by atoms with Crippen molar-refractivity contribution in [2.75, 3.05) is 19.0 Å². The van der Waals surface area contributed by atoms with Crippen LogP contribution in [0.25, 0.3) is 0 Å². The molecule has 0 spiro atoms. The Hall–Kier alpha value is -2.49. The fourth-order valence-electron chi connectivity index (χ4n) is 1.66. The second-order valence-corrected chi connectivity index (χ2v) is 4.38. The van der Waals surface area contributed by atoms with Crippen molar-refractivity contribution in [1.82, 2.24) is 0 Å². The van der Waals surface area contributed by atoms with E-state index in [0.29, 0.717) is 17.1 Å². The number of nitrogens with zero attached hydrogens (tertiary/aromatic N) is 1. The summed E-state index contributed by atoms with van der Waals surface area (Å²) in [5.74, 6) is 0.842. The van der Waals surface area contributed by atoms with Crippen molar-refractivity contribution in [3.63, 3.8) is 0 Å². The van der Waals surface area contributed by atoms with Crippen LogP contribution in [-0.4, -0.2) is 20.0 Å². The lowest BCUT2D eigenvalue weighted by Crippen LogP contribution is -2.10. The first-order valence-corrected chi connectivity index (χ1v) is 5.91. The molecule has 0 fully saturated rings. The number of carbonyl (C=O) groups excluding carboxylic acids is 1. The fraction of sp³-hybridized carbons (Fsp3) is 0.133. The van der Waals surface area contributed by atoms with Crippen molar-refractivity contribution >= 4 is 11.6 Å². The van der Waals surface area contributed by atoms with Gasteiger partial charge in [-0.25, -0.2) is 0 Å². The normalized spacial score (nSPS) is 10.0. The van der Waals surface area contributed by atoms with Crippen LogP contribution in [0.15, 0.2) is 48.5 Å². The molecule has 0 aliphatic carbocycles. The summed E-state index contributed by atoms with van der Waals surface area (Å²) in [5.41, 5.74) is 6.76. The number of amides is 1. The standard InChI is InChI=1S/C15H16N2O2/c1-17(2)12-6-8-13(9-7-12)19-14-5-3-4-11(10-14)15(16)18/h3-10H,1-2H3,(H2,16,18). The minimum Gasteiger partial charge on any atom is -0.457 e. The van der Waals surface area contributed by atoms with E-state index in [1.54, 1.807) is 24.3 Å². The molecule has 0 aliphatic rings. The van der Waals surface area contributed by atoms with E-state index >= 15 is 0 Å². The quantitative estimate of drug-likeness (QED) is 0.915. The Kier molecular flexibility index (Phi) is 3.71. The van der Waals surface area contributed by atoms with Gasteiger partial charge in [0, 0.05) is 25.3 Å². The smallest absolute Gasteiger partial charge is 0.248 e. The van der Waals surface area contributed by atoms with Crippen LogP contribution >= 0.6 is 0 Å². The third-order valence-corrected chi connectivity index (χ3v) is 2.71. The maximum atomic E-state index is 11.1. The topological polar surface area (TPSA) is 55.6 Å². The Balaban J connectivity index is 2.16. The minimum absolute atomic E-state index is 0.433. The van der Waals surface area contributed by atoms with E-state index in [2.05, 4.69) is 0 Å². The van der Waals surface area contributed by atoms with Gasteiger partial charge in [-0.3, -0.25) is 4.79 Å². The molecule has 0 saturated heterocycles. The highest BCUT2D eigenvalue weighted by Crippen LogP contribution is 2.24. The van der Waals surface area contributed by atoms with Gasteiger partial charge in [0.2, 0.25) is 5.91 Å². The molecule has 0 radical (unpaired) electrons. The zero-order valence-electron chi connectivity index (χ0n) is 11.0. The largest absolute Gasteiger partial charge is 0.457 e. The molecule has 0 heterocycles. The van der Waals surface area contributed by atoms with Gasteiger partial charge in [-0.1, -0.05) is 6.07 Å². The van der Waals surface area contributed by atoms with Crippen LogP contribution in [0.2, 0.25) is 0 Å². The number of primary amides is 1. The second-order valence-electron chi connectivity index (χ2n) is 4.38. The third-order valence-electron chi connectivity index (χ3n) is 2.71. The average Bonchev–Trinajstić information content (AvgIpc) is 2.39. The molecule has 1 amide bonds. The molecule has 2 N–H and O–H groups in total. The Morgan fingerprint density at radius 2 is 1.74 bits per heavy atom. The first-order valence-electron chi connectivity index (χ1n) is 5.91. The summed E-state index contributed by atoms with van der Waals surface area (Å²) in [5, 5.41) is 0. The highest BCUT2D eigenvalue weighted by molar-refractivity contribution is 5.93. The summed E-state index contributed by atoms with van der Waals surface area (Å²) in [6.45, 7) is 0. The minimum atomic E-state index is -0.464. The third kappa shape index (κ3) is 3.25. The van der Waals surface area contributed by atoms with Gasteiger partial charge in [-0.05, 0) is 42.5 Å². The summed E-state index contributed by atoms with van der Waals surface area (Å²) in [6.07, 6.45) is 0. The number of benzene rings is 2. The molecular formula is C15H16N2O2. The molecule has 4 heteroatoms. The van der Waals surface area contributed by atoms with Gasteiger partial charge < -0.3 is 15.4 Å². The van der Waals surface area contributed by atoms with Crippen LogP contribution in [0.4, 0.5) is 5.69 Å². The van der Waals surface area contributed by atoms with Crippen LogP contribution in [0, 0.1) is 0 Å². The van der Waals surface area contributed by atoms with Crippen molar-refractivity contribution in [2.45, 2.75) is 0 Å². The summed E-state index contributed by atoms with van der Waals surface area (Å²) < 4.78 is 5.68. The van der Waals surface area contributed by atoms with E-state index in [1.165, 1.54) is 0 Å². The van der Waals surface area contributed by atoms with Crippen LogP contribution < -0.4 is 15.4 Å². The maximum absolute atomic E-state index is 11.1. The van der Waals surface area contributed by atoms with E-state index in [9.17, 15) is 4.79 Å². The van der Waals surface area contributed by atoms with Crippen molar-refractivity contribution in [1.29, 1.82) is 0 Å². The molecular weight excluding hydrogens is 240 g/mol. The van der Waals surface area contributed by atoms with Crippen molar-refractivity contribution in [3.05, 3.63) is 54.1 Å². The highest BCUT2D eigenvalue weighted by atomic mass is 16.5. The monoisotopic (exact) mass is 256 g/mol. The van der Waals surface area contributed by atoms with Crippen LogP contribution in [0.3, 0.4) is 0 Å². The summed E-state index contributed by atoms with van der Waals surface area (Å²) in [7, 11) is 3.96. The van der Waals surface area contributed by atoms with Crippen molar-refractivity contribution in [2.24, 2.45) is 5.73 Å². The van der Waals surface area contributed by atoms with Gasteiger partial charge in [0.1, 0.15) is 11.5 Å². The number of carbonyl (C=O) groups is 1. The van der Waals surface area contributed by atoms with Crippen molar-refractivity contribution in [3.8, 4) is 11.5 Å². The zero-order valence-corrected chi connectivity index (χ0v) is 11.0. The zero-order chi connectivity index (χ0) is 13.8. The van der Waals surface area contributed by atoms with Gasteiger partial charge in [-0.15, -0.1) is 0 Å². The van der Waals surface area contributed by atoms with E-state index in [4.69, 9.17) is 10.5 Å². The van der Waals surface area contributed by atoms with Crippen LogP contribution in [-0.2, 0) is 0 Å². The van der Waals surface area contributed by atoms with Crippen LogP contribution in [0.5, 0.6) is 11.5 Å². The number of anilines is 1. The number of rotatable bonds is 4. The van der Waals surface area contributed by atoms with E-state index in [0.717, 1.165) is 5.69 Å². The molecule has 2 aromatic carbocycles. The molecule has 98 valence electrons. The van der Waals surface area contributed by atoms with Gasteiger partial charge >= 0.3 is 0 Å². The van der Waals surface area contributed by atoms with Gasteiger partial charge in [0.15, 0.2) is 0 Å². The lowest BCUT2D eigenvalue weighted by Gasteiger charge is -2.13. The first-order chi connectivity index (χ1) is 9.06. The summed E-state index contributed by atoms with van der Waals surface area (Å²) in [6, 6.07) is 14.5. The lowest BCUT2D eigenvalue weighted by atomic mass is 10.2. The van der Waals surface area contributed by atoms with Crippen LogP contribution in [0.1, 0.15) is 10.4 Å². The van der Waals surface area contributed by atoms with E-state index in [1.807, 2.05) is 43.3 Å². The summed E-state index contributed by atoms with van der Waals surface area (Å²) in [4.78, 5) is 13.1. The average molecular weight is 256 g/mol. The molecule has 0 aliphatic heterocycles. The number of ether oxygens (including phenoxy) is 1. The van der Waals surface area contributed by atoms with Gasteiger partial charge in [0.05, 0.1) is 0 Å². The molecule has 0 atom stereocenters. The first kappa shape index (κ1) is 13.0. The number of hydrogen-bond acceptors (Lipinski definition) is 3. The molecule has 0 bridgehead atoms. The molecule has 0 aromatic heterocycles. The Labute approximate surface area is 112 Å². The SMILES string of the molecule is CN(C)c1ccc(Oc2cccc(C(N)=O)c2)cc1. The van der Waals surface area contributed by atoms with Gasteiger partial charge in [-0.2, -0.15) is 0 Å². The van der Waals surface area contributed by atoms with Gasteiger partial charge in [0.25, 0.3) is 0 Å². The number of nitrogens with two attached hydrogens (primary N) is 1. The van der Waals surface area contributed by atoms with E-state index in [-0.39, 0.29) is 0 Å². The molecule has 2 rings (SSSR count). The molecule has 4 nitrogen and oxygen atoms in total. The van der Waals surface area contributed by atoms with E-state index < -0.39 is 5.91 Å². The lowest BCUT2D eigenvalue weighted by molar-refractivity contribution is 0.1000. The highest BCUT2D eigenvalue weighted by Gasteiger charge is 2.03. The maximum Gasteiger partial charge on any atom is 0.248 e. The fourth-order valence-corrected chi connectivity index (χ4v) is 1.66. The molecule has 0 unspecified atom stereocenters. The predicted octanol–water partition coefficient (Wildman–Crippen LogP) is 2.64. The molecule has 2 aromatic rings. The second kappa shape index (κ2) is 5.44. The Morgan fingerprint density at radius 3 is 2.32 bits per heavy atom. The predicted molar refractivity (Wildman–Crippen MR) is 75.8 cm³/mol. The number of hydrogen-bond donors (Lipinski definition) is 1. The molecule has 19 heavy (non-hydrogen) atoms. The molecule has 0 saturated carbocycles. The van der Waals surface area contributed by atoms with Crippen molar-refractivity contribution < 1.29 is 9.53 Å².